The van der Waals surface area contributed by atoms with Gasteiger partial charge in [-0.2, -0.15) is 0 Å². The van der Waals surface area contributed by atoms with Crippen LogP contribution in [0.25, 0.3) is 0 Å². The van der Waals surface area contributed by atoms with E-state index in [1.165, 1.54) is 25.7 Å². The summed E-state index contributed by atoms with van der Waals surface area (Å²) in [5.74, 6) is 0. The molecule has 0 aromatic rings. The Bertz CT molecular complexity index is 306. The number of hydrogen-bond acceptors (Lipinski definition) is 4. The average molecular weight is 333 g/mol. The van der Waals surface area contributed by atoms with Gasteiger partial charge in [-0.15, -0.1) is 0 Å². The summed E-state index contributed by atoms with van der Waals surface area (Å²) in [5.41, 5.74) is 0. The molecule has 2 unspecified atom stereocenters. The maximum Gasteiger partial charge on any atom is 1.00 e. The molecule has 0 aliphatic heterocycles. The van der Waals surface area contributed by atoms with Gasteiger partial charge in [0.15, 0.2) is 0 Å². The van der Waals surface area contributed by atoms with Crippen molar-refractivity contribution in [1.82, 2.24) is 0 Å². The third-order valence-electron chi connectivity index (χ3n) is 3.44. The molecule has 6 heteroatoms. The van der Waals surface area contributed by atoms with E-state index in [0.29, 0.717) is 19.3 Å². The van der Waals surface area contributed by atoms with E-state index in [9.17, 15) is 18.1 Å². The maximum atomic E-state index is 11.0. The summed E-state index contributed by atoms with van der Waals surface area (Å²) >= 11 is 0. The zero-order valence-electron chi connectivity index (χ0n) is 13.3. The van der Waals surface area contributed by atoms with Gasteiger partial charge in [-0.25, -0.2) is 8.42 Å². The van der Waals surface area contributed by atoms with Crippen LogP contribution >= 0.6 is 0 Å². The molecule has 2 atom stereocenters. The first-order chi connectivity index (χ1) is 8.91. The van der Waals surface area contributed by atoms with Crippen LogP contribution in [-0.4, -0.2) is 29.4 Å². The van der Waals surface area contributed by atoms with Gasteiger partial charge in [0.25, 0.3) is 0 Å². The molecule has 20 heavy (non-hydrogen) atoms. The van der Waals surface area contributed by atoms with E-state index < -0.39 is 21.5 Å². The summed E-state index contributed by atoms with van der Waals surface area (Å²) in [6.07, 6.45) is 7.84. The van der Waals surface area contributed by atoms with Crippen molar-refractivity contribution in [3.63, 3.8) is 0 Å². The largest absolute Gasteiger partial charge is 1.00 e. The standard InChI is InChI=1S/C14H30O4S.K/c1-3-5-6-7-8-9-11-13(15)12-14(10-4-2)19(16,17)18;/h13-15H,3-12H2,1-2H3,(H,16,17,18);/q;+1/p-1. The molecule has 4 nitrogen and oxygen atoms in total. The third kappa shape index (κ3) is 13.2. The molecule has 0 aliphatic rings. The van der Waals surface area contributed by atoms with Gasteiger partial charge >= 0.3 is 51.4 Å². The second-order valence-electron chi connectivity index (χ2n) is 5.35. The van der Waals surface area contributed by atoms with Crippen LogP contribution in [0.3, 0.4) is 0 Å². The number of unbranched alkanes of at least 4 members (excludes halogenated alkanes) is 5. The molecule has 0 heterocycles. The van der Waals surface area contributed by atoms with E-state index in [1.54, 1.807) is 0 Å². The van der Waals surface area contributed by atoms with E-state index in [0.717, 1.165) is 12.8 Å². The topological polar surface area (TPSA) is 77.4 Å². The van der Waals surface area contributed by atoms with Crippen LogP contribution < -0.4 is 51.4 Å². The minimum atomic E-state index is -4.27. The number of hydrogen-bond donors (Lipinski definition) is 1. The van der Waals surface area contributed by atoms with E-state index in [-0.39, 0.29) is 57.8 Å². The van der Waals surface area contributed by atoms with Gasteiger partial charge in [0.1, 0.15) is 0 Å². The van der Waals surface area contributed by atoms with Crippen molar-refractivity contribution in [2.45, 2.75) is 89.4 Å². The molecule has 0 spiro atoms. The van der Waals surface area contributed by atoms with Gasteiger partial charge in [0, 0.05) is 0 Å². The van der Waals surface area contributed by atoms with Crippen LogP contribution in [0.15, 0.2) is 0 Å². The van der Waals surface area contributed by atoms with Crippen molar-refractivity contribution in [1.29, 1.82) is 0 Å². The first kappa shape index (κ1) is 23.8. The van der Waals surface area contributed by atoms with Crippen molar-refractivity contribution in [2.24, 2.45) is 0 Å². The van der Waals surface area contributed by atoms with Crippen LogP contribution in [0.2, 0.25) is 0 Å². The smallest absolute Gasteiger partial charge is 0.748 e. The Labute approximate surface area is 167 Å². The van der Waals surface area contributed by atoms with Crippen molar-refractivity contribution < 1.29 is 69.5 Å². The SMILES string of the molecule is CCCCCCCCC(O)CC(CCC)S(=O)(=O)[O-].[K+]. The molecule has 0 amide bonds. The van der Waals surface area contributed by atoms with Gasteiger partial charge in [0.2, 0.25) is 0 Å². The van der Waals surface area contributed by atoms with Gasteiger partial charge in [-0.05, 0) is 19.3 Å². The molecule has 0 fully saturated rings. The Morgan fingerprint density at radius 2 is 1.50 bits per heavy atom. The molecular weight excluding hydrogens is 303 g/mol. The minimum absolute atomic E-state index is 0. The summed E-state index contributed by atoms with van der Waals surface area (Å²) in [7, 11) is -4.27. The second kappa shape index (κ2) is 14.1. The predicted molar refractivity (Wildman–Crippen MR) is 77.0 cm³/mol. The number of aliphatic hydroxyl groups is 1. The van der Waals surface area contributed by atoms with E-state index in [2.05, 4.69) is 6.92 Å². The Hall–Kier alpha value is 1.51. The van der Waals surface area contributed by atoms with Gasteiger partial charge in [0.05, 0.1) is 21.5 Å². The van der Waals surface area contributed by atoms with Crippen LogP contribution in [0, 0.1) is 0 Å². The van der Waals surface area contributed by atoms with Gasteiger partial charge in [-0.3, -0.25) is 0 Å². The van der Waals surface area contributed by atoms with Crippen LogP contribution in [0.1, 0.15) is 78.1 Å². The fraction of sp³-hybridized carbons (Fsp3) is 1.00. The zero-order valence-corrected chi connectivity index (χ0v) is 17.2. The molecule has 0 aliphatic carbocycles. The first-order valence-corrected chi connectivity index (χ1v) is 9.01. The Morgan fingerprint density at radius 1 is 0.950 bits per heavy atom. The van der Waals surface area contributed by atoms with Crippen LogP contribution in [0.5, 0.6) is 0 Å². The molecule has 1 N–H and O–H groups in total. The van der Waals surface area contributed by atoms with Crippen molar-refractivity contribution >= 4 is 10.1 Å². The van der Waals surface area contributed by atoms with Gasteiger partial charge < -0.3 is 9.66 Å². The van der Waals surface area contributed by atoms with Crippen molar-refractivity contribution in [3.8, 4) is 0 Å². The maximum absolute atomic E-state index is 11.0. The molecular formula is C14H29KO4S. The molecule has 0 saturated carbocycles. The second-order valence-corrected chi connectivity index (χ2v) is 7.00. The number of rotatable bonds is 12. The molecule has 0 radical (unpaired) electrons. The fourth-order valence-corrected chi connectivity index (χ4v) is 3.27. The summed E-state index contributed by atoms with van der Waals surface area (Å²) in [6.45, 7) is 4.01. The van der Waals surface area contributed by atoms with E-state index in [4.69, 9.17) is 0 Å². The molecule has 0 aromatic heterocycles. The summed E-state index contributed by atoms with van der Waals surface area (Å²) in [6, 6.07) is 0. The summed E-state index contributed by atoms with van der Waals surface area (Å²) in [5, 5.41) is 8.89. The molecule has 0 rings (SSSR count). The van der Waals surface area contributed by atoms with Crippen LogP contribution in [-0.2, 0) is 10.1 Å². The average Bonchev–Trinajstić information content (AvgIpc) is 2.32. The monoisotopic (exact) mass is 332 g/mol. The normalized spacial score (nSPS) is 14.6. The molecule has 0 saturated heterocycles. The van der Waals surface area contributed by atoms with Crippen LogP contribution in [0.4, 0.5) is 0 Å². The minimum Gasteiger partial charge on any atom is -0.748 e. The Kier molecular flexibility index (Phi) is 16.8. The quantitative estimate of drug-likeness (QED) is 0.315. The predicted octanol–water partition coefficient (Wildman–Crippen LogP) is 0.206. The summed E-state index contributed by atoms with van der Waals surface area (Å²) in [4.78, 5) is 0. The number of aliphatic hydroxyl groups excluding tert-OH is 1. The summed E-state index contributed by atoms with van der Waals surface area (Å²) < 4.78 is 33.1. The van der Waals surface area contributed by atoms with Crippen molar-refractivity contribution in [2.75, 3.05) is 0 Å². The molecule has 116 valence electrons. The van der Waals surface area contributed by atoms with E-state index in [1.807, 2.05) is 6.92 Å². The Morgan fingerprint density at radius 3 is 2.00 bits per heavy atom. The van der Waals surface area contributed by atoms with E-state index >= 15 is 0 Å². The molecule has 0 bridgehead atoms. The molecule has 0 aromatic carbocycles. The van der Waals surface area contributed by atoms with Crippen molar-refractivity contribution in [3.05, 3.63) is 0 Å². The first-order valence-electron chi connectivity index (χ1n) is 7.54. The Balaban J connectivity index is 0. The zero-order chi connectivity index (χ0) is 14.7. The fourth-order valence-electron chi connectivity index (χ4n) is 2.28. The third-order valence-corrected chi connectivity index (χ3v) is 4.69. The van der Waals surface area contributed by atoms with Gasteiger partial charge in [-0.1, -0.05) is 58.8 Å².